The summed E-state index contributed by atoms with van der Waals surface area (Å²) in [5, 5.41) is 13.0. The SMILES string of the molecule is CC(C)(O)c1cccc(NC(=O)[C@H]2CCCN(C(=O)C3CC3)C2)c1. The van der Waals surface area contributed by atoms with Crippen molar-refractivity contribution in [3.8, 4) is 0 Å². The van der Waals surface area contributed by atoms with Gasteiger partial charge in [-0.3, -0.25) is 9.59 Å². The van der Waals surface area contributed by atoms with Crippen molar-refractivity contribution >= 4 is 17.5 Å². The number of hydrogen-bond donors (Lipinski definition) is 2. The summed E-state index contributed by atoms with van der Waals surface area (Å²) in [5.41, 5.74) is 0.499. The highest BCUT2D eigenvalue weighted by atomic mass is 16.3. The summed E-state index contributed by atoms with van der Waals surface area (Å²) in [6, 6.07) is 7.29. The number of nitrogens with one attached hydrogen (secondary N) is 1. The van der Waals surface area contributed by atoms with Crippen LogP contribution in [0.1, 0.15) is 45.1 Å². The van der Waals surface area contributed by atoms with E-state index in [1.807, 2.05) is 23.1 Å². The molecule has 2 fully saturated rings. The third-order valence-corrected chi connectivity index (χ3v) is 4.87. The van der Waals surface area contributed by atoms with Gasteiger partial charge in [0.2, 0.25) is 11.8 Å². The maximum absolute atomic E-state index is 12.6. The lowest BCUT2D eigenvalue weighted by Gasteiger charge is -2.32. The molecule has 1 heterocycles. The molecule has 0 bridgehead atoms. The molecule has 24 heavy (non-hydrogen) atoms. The Morgan fingerprint density at radius 1 is 1.21 bits per heavy atom. The van der Waals surface area contributed by atoms with E-state index in [0.29, 0.717) is 12.2 Å². The monoisotopic (exact) mass is 330 g/mol. The topological polar surface area (TPSA) is 69.6 Å². The van der Waals surface area contributed by atoms with Gasteiger partial charge in [-0.05, 0) is 57.2 Å². The summed E-state index contributed by atoms with van der Waals surface area (Å²) in [4.78, 5) is 26.6. The van der Waals surface area contributed by atoms with Crippen molar-refractivity contribution in [2.75, 3.05) is 18.4 Å². The molecule has 1 saturated carbocycles. The lowest BCUT2D eigenvalue weighted by atomic mass is 9.95. The quantitative estimate of drug-likeness (QED) is 0.891. The lowest BCUT2D eigenvalue weighted by molar-refractivity contribution is -0.135. The fourth-order valence-electron chi connectivity index (χ4n) is 3.20. The van der Waals surface area contributed by atoms with Crippen molar-refractivity contribution in [3.05, 3.63) is 29.8 Å². The molecule has 2 aliphatic rings. The number of hydrogen-bond acceptors (Lipinski definition) is 3. The first-order valence-electron chi connectivity index (χ1n) is 8.77. The number of piperidine rings is 1. The highest BCUT2D eigenvalue weighted by molar-refractivity contribution is 5.93. The van der Waals surface area contributed by atoms with E-state index in [-0.39, 0.29) is 23.7 Å². The van der Waals surface area contributed by atoms with E-state index >= 15 is 0 Å². The zero-order valence-electron chi connectivity index (χ0n) is 14.4. The summed E-state index contributed by atoms with van der Waals surface area (Å²) in [5.74, 6) is 0.218. The number of rotatable bonds is 4. The maximum Gasteiger partial charge on any atom is 0.229 e. The van der Waals surface area contributed by atoms with Gasteiger partial charge in [-0.1, -0.05) is 12.1 Å². The van der Waals surface area contributed by atoms with Gasteiger partial charge in [-0.2, -0.15) is 0 Å². The molecule has 0 spiro atoms. The summed E-state index contributed by atoms with van der Waals surface area (Å²) in [6.07, 6.45) is 3.68. The molecule has 5 nitrogen and oxygen atoms in total. The molecular formula is C19H26N2O3. The Labute approximate surface area is 143 Å². The van der Waals surface area contributed by atoms with Crippen molar-refractivity contribution in [1.29, 1.82) is 0 Å². The van der Waals surface area contributed by atoms with Gasteiger partial charge in [0.15, 0.2) is 0 Å². The molecule has 0 radical (unpaired) electrons. The van der Waals surface area contributed by atoms with Crippen molar-refractivity contribution in [2.24, 2.45) is 11.8 Å². The Balaban J connectivity index is 1.63. The number of carbonyl (C=O) groups excluding carboxylic acids is 2. The molecule has 0 aromatic heterocycles. The van der Waals surface area contributed by atoms with E-state index in [9.17, 15) is 14.7 Å². The first-order chi connectivity index (χ1) is 11.3. The number of anilines is 1. The molecule has 1 aromatic rings. The van der Waals surface area contributed by atoms with Crippen LogP contribution in [-0.2, 0) is 15.2 Å². The van der Waals surface area contributed by atoms with Gasteiger partial charge in [-0.25, -0.2) is 0 Å². The molecule has 130 valence electrons. The van der Waals surface area contributed by atoms with Crippen LogP contribution in [0.2, 0.25) is 0 Å². The van der Waals surface area contributed by atoms with Crippen LogP contribution in [0.25, 0.3) is 0 Å². The Hall–Kier alpha value is -1.88. The Morgan fingerprint density at radius 3 is 2.62 bits per heavy atom. The van der Waals surface area contributed by atoms with Gasteiger partial charge in [0.25, 0.3) is 0 Å². The second kappa shape index (κ2) is 6.55. The van der Waals surface area contributed by atoms with E-state index in [1.165, 1.54) is 0 Å². The van der Waals surface area contributed by atoms with E-state index in [1.54, 1.807) is 19.9 Å². The van der Waals surface area contributed by atoms with E-state index in [0.717, 1.165) is 37.8 Å². The summed E-state index contributed by atoms with van der Waals surface area (Å²) >= 11 is 0. The van der Waals surface area contributed by atoms with Crippen molar-refractivity contribution in [2.45, 2.75) is 45.1 Å². The molecule has 3 rings (SSSR count). The highest BCUT2D eigenvalue weighted by Crippen LogP contribution is 2.32. The maximum atomic E-state index is 12.6. The largest absolute Gasteiger partial charge is 0.386 e. The zero-order chi connectivity index (χ0) is 17.3. The molecular weight excluding hydrogens is 304 g/mol. The zero-order valence-corrected chi connectivity index (χ0v) is 14.4. The van der Waals surface area contributed by atoms with E-state index in [4.69, 9.17) is 0 Å². The fourth-order valence-corrected chi connectivity index (χ4v) is 3.20. The number of carbonyl (C=O) groups is 2. The molecule has 0 unspecified atom stereocenters. The van der Waals surface area contributed by atoms with Crippen LogP contribution in [0.3, 0.4) is 0 Å². The third-order valence-electron chi connectivity index (χ3n) is 4.87. The van der Waals surface area contributed by atoms with Crippen molar-refractivity contribution in [1.82, 2.24) is 4.90 Å². The normalized spacial score (nSPS) is 21.5. The van der Waals surface area contributed by atoms with Gasteiger partial charge in [-0.15, -0.1) is 0 Å². The molecule has 2 N–H and O–H groups in total. The number of likely N-dealkylation sites (tertiary alicyclic amines) is 1. The van der Waals surface area contributed by atoms with Gasteiger partial charge >= 0.3 is 0 Å². The minimum absolute atomic E-state index is 0.0452. The van der Waals surface area contributed by atoms with Gasteiger partial charge in [0.05, 0.1) is 11.5 Å². The molecule has 1 aliphatic heterocycles. The fraction of sp³-hybridized carbons (Fsp3) is 0.579. The second-order valence-electron chi connectivity index (χ2n) is 7.53. The molecule has 1 aliphatic carbocycles. The third kappa shape index (κ3) is 3.96. The van der Waals surface area contributed by atoms with Gasteiger partial charge in [0.1, 0.15) is 0 Å². The minimum atomic E-state index is -0.945. The highest BCUT2D eigenvalue weighted by Gasteiger charge is 2.36. The minimum Gasteiger partial charge on any atom is -0.386 e. The van der Waals surface area contributed by atoms with Crippen molar-refractivity contribution < 1.29 is 14.7 Å². The number of amides is 2. The predicted octanol–water partition coefficient (Wildman–Crippen LogP) is 2.50. The van der Waals surface area contributed by atoms with Crippen LogP contribution < -0.4 is 5.32 Å². The predicted molar refractivity (Wildman–Crippen MR) is 92.3 cm³/mol. The number of nitrogens with zero attached hydrogens (tertiary/aromatic N) is 1. The molecule has 1 atom stereocenters. The van der Waals surface area contributed by atoms with E-state index in [2.05, 4.69) is 5.32 Å². The average molecular weight is 330 g/mol. The standard InChI is InChI=1S/C19H26N2O3/c1-19(2,24)15-6-3-7-16(11-15)20-17(22)14-5-4-10-21(12-14)18(23)13-8-9-13/h3,6-7,11,13-14,24H,4-5,8-10,12H2,1-2H3,(H,20,22)/t14-/m0/s1. The smallest absolute Gasteiger partial charge is 0.229 e. The van der Waals surface area contributed by atoms with Crippen LogP contribution in [0.5, 0.6) is 0 Å². The van der Waals surface area contributed by atoms with Gasteiger partial charge < -0.3 is 15.3 Å². The average Bonchev–Trinajstić information content (AvgIpc) is 3.38. The Morgan fingerprint density at radius 2 is 1.96 bits per heavy atom. The second-order valence-corrected chi connectivity index (χ2v) is 7.53. The van der Waals surface area contributed by atoms with Crippen LogP contribution in [0.15, 0.2) is 24.3 Å². The summed E-state index contributed by atoms with van der Waals surface area (Å²) in [7, 11) is 0. The summed E-state index contributed by atoms with van der Waals surface area (Å²) in [6.45, 7) is 4.73. The van der Waals surface area contributed by atoms with E-state index < -0.39 is 5.60 Å². The van der Waals surface area contributed by atoms with Crippen molar-refractivity contribution in [3.63, 3.8) is 0 Å². The Bertz CT molecular complexity index is 632. The van der Waals surface area contributed by atoms with Crippen LogP contribution in [0, 0.1) is 11.8 Å². The van der Waals surface area contributed by atoms with Crippen LogP contribution >= 0.6 is 0 Å². The van der Waals surface area contributed by atoms with Crippen LogP contribution in [-0.4, -0.2) is 34.9 Å². The molecule has 2 amide bonds. The summed E-state index contributed by atoms with van der Waals surface area (Å²) < 4.78 is 0. The lowest BCUT2D eigenvalue weighted by Crippen LogP contribution is -2.44. The first-order valence-corrected chi connectivity index (χ1v) is 8.77. The molecule has 5 heteroatoms. The Kier molecular flexibility index (Phi) is 4.63. The first kappa shape index (κ1) is 17.0. The molecule has 1 saturated heterocycles. The van der Waals surface area contributed by atoms with Gasteiger partial charge in [0, 0.05) is 24.7 Å². The number of aliphatic hydroxyl groups is 1. The number of benzene rings is 1. The molecule has 1 aromatic carbocycles. The van der Waals surface area contributed by atoms with Crippen LogP contribution in [0.4, 0.5) is 5.69 Å².